The highest BCUT2D eigenvalue weighted by Gasteiger charge is 2.24. The fourth-order valence-electron chi connectivity index (χ4n) is 2.00. The minimum Gasteiger partial charge on any atom is -0.456 e. The number of furan rings is 1. The van der Waals surface area contributed by atoms with Crippen molar-refractivity contribution in [3.8, 4) is 0 Å². The van der Waals surface area contributed by atoms with Gasteiger partial charge in [0.1, 0.15) is 5.76 Å². The van der Waals surface area contributed by atoms with Gasteiger partial charge in [0.2, 0.25) is 0 Å². The summed E-state index contributed by atoms with van der Waals surface area (Å²) in [4.78, 5) is 13.9. The van der Waals surface area contributed by atoms with Crippen LogP contribution in [0.3, 0.4) is 0 Å². The third kappa shape index (κ3) is 2.48. The van der Waals surface area contributed by atoms with Crippen molar-refractivity contribution in [2.24, 2.45) is 5.92 Å². The van der Waals surface area contributed by atoms with Crippen LogP contribution in [0.5, 0.6) is 0 Å². The summed E-state index contributed by atoms with van der Waals surface area (Å²) in [5.74, 6) is 2.00. The van der Waals surface area contributed by atoms with E-state index in [1.807, 2.05) is 17.9 Å². The van der Waals surface area contributed by atoms with Crippen molar-refractivity contribution in [3.05, 3.63) is 23.7 Å². The Hall–Kier alpha value is -0.770. The Morgan fingerprint density at radius 1 is 1.50 bits per heavy atom. The SMILES string of the molecule is Cc1ccc(C(=O)N2CCC(CBr)CC2)o1. The average molecular weight is 286 g/mol. The average Bonchev–Trinajstić information content (AvgIpc) is 2.75. The van der Waals surface area contributed by atoms with E-state index in [1.165, 1.54) is 0 Å². The van der Waals surface area contributed by atoms with Gasteiger partial charge >= 0.3 is 0 Å². The number of piperidine rings is 1. The van der Waals surface area contributed by atoms with Crippen LogP contribution >= 0.6 is 15.9 Å². The predicted octanol–water partition coefficient (Wildman–Crippen LogP) is 2.84. The Labute approximate surface area is 104 Å². The number of alkyl halides is 1. The van der Waals surface area contributed by atoms with Gasteiger partial charge in [-0.25, -0.2) is 0 Å². The van der Waals surface area contributed by atoms with Crippen LogP contribution in [-0.4, -0.2) is 29.2 Å². The van der Waals surface area contributed by atoms with Crippen molar-refractivity contribution >= 4 is 21.8 Å². The lowest BCUT2D eigenvalue weighted by molar-refractivity contribution is 0.0665. The molecule has 2 heterocycles. The normalized spacial score (nSPS) is 17.8. The maximum Gasteiger partial charge on any atom is 0.289 e. The molecule has 1 aliphatic heterocycles. The fraction of sp³-hybridized carbons (Fsp3) is 0.583. The number of halogens is 1. The van der Waals surface area contributed by atoms with Gasteiger partial charge in [0.25, 0.3) is 5.91 Å². The summed E-state index contributed by atoms with van der Waals surface area (Å²) in [5, 5.41) is 1.04. The van der Waals surface area contributed by atoms with E-state index < -0.39 is 0 Å². The van der Waals surface area contributed by atoms with E-state index >= 15 is 0 Å². The summed E-state index contributed by atoms with van der Waals surface area (Å²) in [6, 6.07) is 3.59. The Balaban J connectivity index is 1.96. The number of carbonyl (C=O) groups excluding carboxylic acids is 1. The molecule has 4 heteroatoms. The smallest absolute Gasteiger partial charge is 0.289 e. The first kappa shape index (κ1) is 11.7. The molecular weight excluding hydrogens is 270 g/mol. The number of hydrogen-bond acceptors (Lipinski definition) is 2. The van der Waals surface area contributed by atoms with E-state index in [0.717, 1.165) is 37.0 Å². The van der Waals surface area contributed by atoms with E-state index in [-0.39, 0.29) is 5.91 Å². The van der Waals surface area contributed by atoms with Crippen molar-refractivity contribution in [2.75, 3.05) is 18.4 Å². The highest BCUT2D eigenvalue weighted by atomic mass is 79.9. The lowest BCUT2D eigenvalue weighted by atomic mass is 9.99. The van der Waals surface area contributed by atoms with Crippen molar-refractivity contribution in [3.63, 3.8) is 0 Å². The summed E-state index contributed by atoms with van der Waals surface area (Å²) in [5.41, 5.74) is 0. The summed E-state index contributed by atoms with van der Waals surface area (Å²) >= 11 is 3.49. The molecule has 16 heavy (non-hydrogen) atoms. The van der Waals surface area contributed by atoms with Crippen LogP contribution in [0.25, 0.3) is 0 Å². The van der Waals surface area contributed by atoms with E-state index in [0.29, 0.717) is 11.7 Å². The third-order valence-corrected chi connectivity index (χ3v) is 3.99. The number of likely N-dealkylation sites (tertiary alicyclic amines) is 1. The molecule has 88 valence electrons. The van der Waals surface area contributed by atoms with Crippen molar-refractivity contribution in [1.29, 1.82) is 0 Å². The summed E-state index contributed by atoms with van der Waals surface area (Å²) in [7, 11) is 0. The van der Waals surface area contributed by atoms with Gasteiger partial charge in [-0.05, 0) is 37.8 Å². The van der Waals surface area contributed by atoms with Crippen LogP contribution in [0.15, 0.2) is 16.5 Å². The van der Waals surface area contributed by atoms with Gasteiger partial charge in [0, 0.05) is 18.4 Å². The second-order valence-corrected chi connectivity index (χ2v) is 4.95. The number of rotatable bonds is 2. The first-order valence-electron chi connectivity index (χ1n) is 5.62. The molecule has 1 aliphatic rings. The molecule has 1 fully saturated rings. The van der Waals surface area contributed by atoms with Crippen LogP contribution in [0, 0.1) is 12.8 Å². The zero-order chi connectivity index (χ0) is 11.5. The Morgan fingerprint density at radius 2 is 2.19 bits per heavy atom. The summed E-state index contributed by atoms with van der Waals surface area (Å²) in [6.07, 6.45) is 2.16. The van der Waals surface area contributed by atoms with Gasteiger partial charge in [-0.3, -0.25) is 4.79 Å². The Kier molecular flexibility index (Phi) is 3.69. The molecule has 1 saturated heterocycles. The molecule has 0 bridgehead atoms. The quantitative estimate of drug-likeness (QED) is 0.783. The number of carbonyl (C=O) groups is 1. The zero-order valence-electron chi connectivity index (χ0n) is 9.41. The minimum absolute atomic E-state index is 0.0288. The van der Waals surface area contributed by atoms with Gasteiger partial charge in [0.05, 0.1) is 0 Å². The lowest BCUT2D eigenvalue weighted by Crippen LogP contribution is -2.38. The van der Waals surface area contributed by atoms with Gasteiger partial charge in [-0.2, -0.15) is 0 Å². The van der Waals surface area contributed by atoms with E-state index in [2.05, 4.69) is 15.9 Å². The molecule has 0 saturated carbocycles. The summed E-state index contributed by atoms with van der Waals surface area (Å²) < 4.78 is 5.35. The molecule has 1 aromatic heterocycles. The van der Waals surface area contributed by atoms with Crippen LogP contribution in [0.2, 0.25) is 0 Å². The fourth-order valence-corrected chi connectivity index (χ4v) is 2.64. The standard InChI is InChI=1S/C12H16BrNO2/c1-9-2-3-11(16-9)12(15)14-6-4-10(8-13)5-7-14/h2-3,10H,4-8H2,1H3. The summed E-state index contributed by atoms with van der Waals surface area (Å²) in [6.45, 7) is 3.54. The van der Waals surface area contributed by atoms with Gasteiger partial charge in [0.15, 0.2) is 5.76 Å². The number of aryl methyl sites for hydroxylation is 1. The Morgan fingerprint density at radius 3 is 2.69 bits per heavy atom. The Bertz CT molecular complexity index is 367. The number of hydrogen-bond donors (Lipinski definition) is 0. The van der Waals surface area contributed by atoms with Gasteiger partial charge < -0.3 is 9.32 Å². The first-order valence-corrected chi connectivity index (χ1v) is 6.74. The van der Waals surface area contributed by atoms with E-state index in [9.17, 15) is 4.79 Å². The maximum absolute atomic E-state index is 12.0. The second-order valence-electron chi connectivity index (χ2n) is 4.30. The molecule has 0 radical (unpaired) electrons. The molecule has 0 unspecified atom stereocenters. The van der Waals surface area contributed by atoms with Crippen molar-refractivity contribution in [1.82, 2.24) is 4.90 Å². The maximum atomic E-state index is 12.0. The van der Waals surface area contributed by atoms with Crippen molar-refractivity contribution in [2.45, 2.75) is 19.8 Å². The van der Waals surface area contributed by atoms with E-state index in [4.69, 9.17) is 4.42 Å². The molecule has 0 N–H and O–H groups in total. The zero-order valence-corrected chi connectivity index (χ0v) is 11.0. The number of nitrogens with zero attached hydrogens (tertiary/aromatic N) is 1. The second kappa shape index (κ2) is 5.04. The molecular formula is C12H16BrNO2. The highest BCUT2D eigenvalue weighted by Crippen LogP contribution is 2.21. The molecule has 1 amide bonds. The topological polar surface area (TPSA) is 33.5 Å². The van der Waals surface area contributed by atoms with Crippen LogP contribution in [0.4, 0.5) is 0 Å². The lowest BCUT2D eigenvalue weighted by Gasteiger charge is -2.30. The van der Waals surface area contributed by atoms with Crippen LogP contribution < -0.4 is 0 Å². The number of amides is 1. The molecule has 0 spiro atoms. The molecule has 0 atom stereocenters. The van der Waals surface area contributed by atoms with E-state index in [1.54, 1.807) is 6.07 Å². The van der Waals surface area contributed by atoms with Crippen molar-refractivity contribution < 1.29 is 9.21 Å². The monoisotopic (exact) mass is 285 g/mol. The van der Waals surface area contributed by atoms with Crippen LogP contribution in [-0.2, 0) is 0 Å². The molecule has 2 rings (SSSR count). The largest absolute Gasteiger partial charge is 0.456 e. The minimum atomic E-state index is 0.0288. The van der Waals surface area contributed by atoms with Gasteiger partial charge in [-0.15, -0.1) is 0 Å². The molecule has 0 aliphatic carbocycles. The van der Waals surface area contributed by atoms with Gasteiger partial charge in [-0.1, -0.05) is 15.9 Å². The molecule has 1 aromatic rings. The first-order chi connectivity index (χ1) is 7.70. The highest BCUT2D eigenvalue weighted by molar-refractivity contribution is 9.09. The molecule has 0 aromatic carbocycles. The van der Waals surface area contributed by atoms with Crippen LogP contribution in [0.1, 0.15) is 29.2 Å². The predicted molar refractivity (Wildman–Crippen MR) is 65.9 cm³/mol. The molecule has 3 nitrogen and oxygen atoms in total. The third-order valence-electron chi connectivity index (χ3n) is 3.07.